The molecule has 5 aliphatic rings. The third kappa shape index (κ3) is 10.3. The van der Waals surface area contributed by atoms with E-state index in [1.54, 1.807) is 18.6 Å². The van der Waals surface area contributed by atoms with Gasteiger partial charge in [-0.15, -0.1) is 5.10 Å². The van der Waals surface area contributed by atoms with E-state index in [1.807, 2.05) is 81.4 Å². The lowest BCUT2D eigenvalue weighted by Gasteiger charge is -2.31. The minimum absolute atomic E-state index is 0.0346. The highest BCUT2D eigenvalue weighted by Crippen LogP contribution is 2.54. The number of nitrogens with zero attached hydrogens (tertiary/aromatic N) is 9. The Balaban J connectivity index is 0.781. The van der Waals surface area contributed by atoms with Crippen molar-refractivity contribution in [3.63, 3.8) is 0 Å². The Morgan fingerprint density at radius 2 is 1.76 bits per heavy atom. The summed E-state index contributed by atoms with van der Waals surface area (Å²) in [6.07, 6.45) is 8.37. The lowest BCUT2D eigenvalue weighted by Crippen LogP contribution is -2.50. The van der Waals surface area contributed by atoms with Crippen LogP contribution < -0.4 is 25.0 Å². The maximum atomic E-state index is 16.0. The number of aromatic nitrogens is 8. The zero-order valence-corrected chi connectivity index (χ0v) is 46.5. The Morgan fingerprint density at radius 3 is 2.48 bits per heavy atom. The molecule has 1 saturated carbocycles. The van der Waals surface area contributed by atoms with E-state index in [0.29, 0.717) is 76.7 Å². The average Bonchev–Trinajstić information content (AvgIpc) is 4.17. The van der Waals surface area contributed by atoms with E-state index in [4.69, 9.17) is 35.8 Å². The highest BCUT2D eigenvalue weighted by atomic mass is 35.5. The van der Waals surface area contributed by atoms with Crippen molar-refractivity contribution in [2.24, 2.45) is 5.92 Å². The van der Waals surface area contributed by atoms with Crippen molar-refractivity contribution < 1.29 is 38.4 Å². The Labute approximate surface area is 477 Å². The summed E-state index contributed by atoms with van der Waals surface area (Å²) in [7, 11) is 0. The first-order valence-corrected chi connectivity index (χ1v) is 28.7. The van der Waals surface area contributed by atoms with Crippen LogP contribution in [0.3, 0.4) is 0 Å². The molecule has 2 amide bonds. The number of halogens is 2. The lowest BCUT2D eigenvalue weighted by atomic mass is 9.91. The van der Waals surface area contributed by atoms with E-state index in [2.05, 4.69) is 47.1 Å². The predicted molar refractivity (Wildman–Crippen MR) is 306 cm³/mol. The molecular formula is C61H64ClFN12O7. The minimum Gasteiger partial charge on any atom is -0.486 e. The van der Waals surface area contributed by atoms with Gasteiger partial charge in [-0.2, -0.15) is 15.1 Å². The van der Waals surface area contributed by atoms with Gasteiger partial charge in [0.15, 0.2) is 5.75 Å². The number of piperazine rings is 1. The number of hydrogen-bond donors (Lipinski definition) is 5. The molecule has 13 rings (SSSR count). The molecule has 1 aliphatic carbocycles. The van der Waals surface area contributed by atoms with Crippen molar-refractivity contribution >= 4 is 51.0 Å². The van der Waals surface area contributed by atoms with Crippen molar-refractivity contribution in [3.05, 3.63) is 125 Å². The molecule has 0 radical (unpaired) electrons. The molecule has 6 atom stereocenters. The maximum absolute atomic E-state index is 16.0. The number of fused-ring (bicyclic) bond motifs is 4. The zero-order chi connectivity index (χ0) is 56.3. The van der Waals surface area contributed by atoms with Gasteiger partial charge in [-0.3, -0.25) is 19.7 Å². The van der Waals surface area contributed by atoms with E-state index >= 15 is 4.39 Å². The second-order valence-electron chi connectivity index (χ2n) is 22.8. The third-order valence-electron chi connectivity index (χ3n) is 16.9. The molecule has 8 heterocycles. The van der Waals surface area contributed by atoms with Crippen LogP contribution in [0.2, 0.25) is 5.02 Å². The number of benzene rings is 4. The number of aliphatic hydroxyl groups excluding tert-OH is 2. The molecule has 0 spiro atoms. The number of anilines is 1. The first-order chi connectivity index (χ1) is 39.9. The molecule has 424 valence electrons. The van der Waals surface area contributed by atoms with E-state index in [9.17, 15) is 19.8 Å². The summed E-state index contributed by atoms with van der Waals surface area (Å²) in [5, 5.41) is 45.6. The van der Waals surface area contributed by atoms with Crippen LogP contribution in [0.5, 0.6) is 11.8 Å². The number of carbonyl (C=O) groups excluding carboxylic acids is 2. The zero-order valence-electron chi connectivity index (χ0n) is 45.8. The molecule has 2 bridgehead atoms. The smallest absolute Gasteiger partial charge is 0.319 e. The lowest BCUT2D eigenvalue weighted by molar-refractivity contribution is -0.142. The van der Waals surface area contributed by atoms with E-state index in [-0.39, 0.29) is 67.1 Å². The van der Waals surface area contributed by atoms with Gasteiger partial charge >= 0.3 is 6.01 Å². The molecule has 19 nitrogen and oxygen atoms in total. The van der Waals surface area contributed by atoms with Crippen LogP contribution in [-0.4, -0.2) is 137 Å². The van der Waals surface area contributed by atoms with Crippen LogP contribution in [0.4, 0.5) is 10.2 Å². The first-order valence-electron chi connectivity index (χ1n) is 28.4. The van der Waals surface area contributed by atoms with Gasteiger partial charge in [0.2, 0.25) is 11.8 Å². The molecule has 8 aromatic rings. The second-order valence-corrected chi connectivity index (χ2v) is 23.2. The van der Waals surface area contributed by atoms with Crippen LogP contribution in [0.1, 0.15) is 92.8 Å². The highest BCUT2D eigenvalue weighted by molar-refractivity contribution is 6.35. The number of aliphatic hydroxyl groups is 2. The number of carbonyl (C=O) groups is 2. The number of β-amino-alcohol motifs (C(OH)–C–C–N with tert-alkyl or cyclic N) is 1. The molecular weight excluding hydrogens is 1070 g/mol. The summed E-state index contributed by atoms with van der Waals surface area (Å²) < 4.78 is 36.9. The van der Waals surface area contributed by atoms with Crippen LogP contribution in [0, 0.1) is 18.7 Å². The predicted octanol–water partition coefficient (Wildman–Crippen LogP) is 8.17. The summed E-state index contributed by atoms with van der Waals surface area (Å²) in [6, 6.07) is 20.9. The molecule has 21 heteroatoms. The van der Waals surface area contributed by atoms with E-state index in [0.717, 1.165) is 77.1 Å². The van der Waals surface area contributed by atoms with Crippen molar-refractivity contribution in [1.82, 2.24) is 55.7 Å². The van der Waals surface area contributed by atoms with Crippen molar-refractivity contribution in [1.29, 1.82) is 0 Å². The van der Waals surface area contributed by atoms with Crippen LogP contribution in [0.15, 0.2) is 91.4 Å². The molecule has 0 unspecified atom stereocenters. The van der Waals surface area contributed by atoms with E-state index < -0.39 is 36.0 Å². The van der Waals surface area contributed by atoms with Gasteiger partial charge in [0.05, 0.1) is 54.9 Å². The van der Waals surface area contributed by atoms with Crippen LogP contribution >= 0.6 is 11.6 Å². The topological polar surface area (TPSA) is 231 Å². The fourth-order valence-corrected chi connectivity index (χ4v) is 12.7. The number of hydrogen-bond acceptors (Lipinski definition) is 15. The number of nitrogens with one attached hydrogen (secondary N) is 3. The fourth-order valence-electron chi connectivity index (χ4n) is 12.5. The Morgan fingerprint density at radius 1 is 0.963 bits per heavy atom. The standard InChI is InChI=1S/C61H64ClFN12O7/c1-32(2)56(60(79)74-28-41(77)22-51(74)59(78)67-50(30-76)38-14-12-35(13-15-38)43-5-4-18-64-33(43)3)75-29-49(71-72-75)37-8-6-34(7-9-37)31-81-57-53(52-46-26-66-70-48(46)24-47(63)54(52)62)44(36-10-11-36)23-45-55(57)68-61(82-42-16-19-80-20-17-42)69-58(45)73-27-39-21-40(73)25-65-39/h4-9,12-15,18,23-24,26,29,32,36,39-42,50-51,56,65,76-77H,10-11,16-17,19-22,25,27-28,30-31H2,1-3H3,(H,66,70)(H,67,78)/t39-,40-,41+,50-,51-,56-/m0/s1. The number of ether oxygens (including phenoxy) is 3. The van der Waals surface area contributed by atoms with Gasteiger partial charge in [0, 0.05) is 102 Å². The van der Waals surface area contributed by atoms with Gasteiger partial charge in [-0.25, -0.2) is 9.07 Å². The SMILES string of the molecule is Cc1ncccc1-c1ccc([C@H](CO)NC(=O)[C@@H]2C[C@@H](O)CN2C(=O)[C@H](C(C)C)n2cc(-c3ccc(COc4c(-c5c(Cl)c(F)cc6[nH]ncc56)c(C5CC5)cc5c(N6C[C@@H]7C[C@H]6CN7)nc(OC6CCOCC6)nc45)cc3)nn2)cc1. The molecule has 82 heavy (non-hydrogen) atoms. The summed E-state index contributed by atoms with van der Waals surface area (Å²) in [5.74, 6) is -0.359. The summed E-state index contributed by atoms with van der Waals surface area (Å²) >= 11 is 7.06. The average molecular weight is 1130 g/mol. The van der Waals surface area contributed by atoms with Gasteiger partial charge in [0.1, 0.15) is 47.6 Å². The largest absolute Gasteiger partial charge is 0.486 e. The molecule has 5 fully saturated rings. The Hall–Kier alpha value is -7.62. The normalized spacial score (nSPS) is 20.8. The third-order valence-corrected chi connectivity index (χ3v) is 17.3. The molecule has 4 aliphatic heterocycles. The van der Waals surface area contributed by atoms with E-state index in [1.165, 1.54) is 15.6 Å². The number of rotatable bonds is 17. The molecule has 4 aromatic carbocycles. The quantitative estimate of drug-likeness (QED) is 0.0579. The minimum atomic E-state index is -0.990. The molecule has 4 saturated heterocycles. The van der Waals surface area contributed by atoms with Crippen molar-refractivity contribution in [2.45, 2.75) is 114 Å². The van der Waals surface area contributed by atoms with Gasteiger partial charge < -0.3 is 44.9 Å². The highest BCUT2D eigenvalue weighted by Gasteiger charge is 2.44. The number of amides is 2. The number of H-pyrrole nitrogens is 1. The second kappa shape index (κ2) is 22.3. The Kier molecular flexibility index (Phi) is 14.6. The number of aryl methyl sites for hydroxylation is 1. The number of pyridine rings is 1. The monoisotopic (exact) mass is 1130 g/mol. The van der Waals surface area contributed by atoms with Gasteiger partial charge in [-0.05, 0) is 72.4 Å². The molecule has 5 N–H and O–H groups in total. The molecule has 4 aromatic heterocycles. The number of aromatic amines is 1. The van der Waals surface area contributed by atoms with Crippen molar-refractivity contribution in [3.8, 4) is 45.3 Å². The summed E-state index contributed by atoms with van der Waals surface area (Å²) in [6.45, 7) is 8.18. The van der Waals surface area contributed by atoms with Crippen LogP contribution in [-0.2, 0) is 20.9 Å². The van der Waals surface area contributed by atoms with Crippen LogP contribution in [0.25, 0.3) is 55.3 Å². The van der Waals surface area contributed by atoms with Gasteiger partial charge in [0.25, 0.3) is 0 Å². The summed E-state index contributed by atoms with van der Waals surface area (Å²) in [5.41, 5.74) is 8.69. The summed E-state index contributed by atoms with van der Waals surface area (Å²) in [4.78, 5) is 47.2. The van der Waals surface area contributed by atoms with Gasteiger partial charge in [-0.1, -0.05) is 85.3 Å². The maximum Gasteiger partial charge on any atom is 0.319 e. The number of likely N-dealkylation sites (tertiary alicyclic amines) is 1. The first kappa shape index (κ1) is 53.7. The fraction of sp³-hybridized carbons (Fsp3) is 0.410. The van der Waals surface area contributed by atoms with Crippen molar-refractivity contribution in [2.75, 3.05) is 44.4 Å². The Bertz CT molecular complexity index is 3700.